The molecule has 40 heavy (non-hydrogen) atoms. The van der Waals surface area contributed by atoms with E-state index in [4.69, 9.17) is 4.74 Å². The number of aromatic nitrogens is 3. The van der Waals surface area contributed by atoms with Crippen LogP contribution in [-0.4, -0.2) is 70.9 Å². The summed E-state index contributed by atoms with van der Waals surface area (Å²) in [6.45, 7) is 2.94. The number of carbonyl (C=O) groups is 1. The van der Waals surface area contributed by atoms with E-state index >= 15 is 0 Å². The molecule has 2 N–H and O–H groups in total. The van der Waals surface area contributed by atoms with Gasteiger partial charge >= 0.3 is 6.61 Å². The zero-order chi connectivity index (χ0) is 30.0. The molecule has 9 nitrogen and oxygen atoms in total. The van der Waals surface area contributed by atoms with Gasteiger partial charge in [0.15, 0.2) is 5.69 Å². The van der Waals surface area contributed by atoms with E-state index in [1.54, 1.807) is 13.8 Å². The molecule has 2 aromatic heterocycles. The molecular weight excluding hydrogens is 556 g/mol. The molecule has 1 fully saturated rings. The molecule has 0 saturated heterocycles. The third-order valence-electron chi connectivity index (χ3n) is 7.37. The summed E-state index contributed by atoms with van der Waals surface area (Å²) in [4.78, 5) is 17.3. The third kappa shape index (κ3) is 7.31. The second-order valence-electron chi connectivity index (χ2n) is 11.1. The molecule has 224 valence electrons. The number of halogens is 4. The highest BCUT2D eigenvalue weighted by Crippen LogP contribution is 2.37. The number of carbonyl (C=O) groups excluding carboxylic acids is 1. The number of hydrogen-bond acceptors (Lipinski definition) is 7. The molecule has 0 aliphatic heterocycles. The summed E-state index contributed by atoms with van der Waals surface area (Å²) in [6, 6.07) is 1.19. The molecule has 0 unspecified atom stereocenters. The summed E-state index contributed by atoms with van der Waals surface area (Å²) in [7, 11) is -3.22. The van der Waals surface area contributed by atoms with Crippen LogP contribution < -0.4 is 10.1 Å². The van der Waals surface area contributed by atoms with Crippen LogP contribution in [0.5, 0.6) is 5.75 Å². The number of sulfone groups is 1. The van der Waals surface area contributed by atoms with Crippen LogP contribution in [0.15, 0.2) is 12.3 Å². The maximum Gasteiger partial charge on any atom is 0.387 e. The van der Waals surface area contributed by atoms with E-state index in [2.05, 4.69) is 15.4 Å². The van der Waals surface area contributed by atoms with Crippen molar-refractivity contribution in [2.45, 2.75) is 90.2 Å². The molecule has 2 aromatic rings. The molecule has 1 aliphatic rings. The molecule has 3 rings (SSSR count). The summed E-state index contributed by atoms with van der Waals surface area (Å²) in [6.07, 6.45) is 0.533. The lowest BCUT2D eigenvalue weighted by Crippen LogP contribution is -2.47. The van der Waals surface area contributed by atoms with Crippen LogP contribution in [0.4, 0.5) is 17.6 Å². The Morgan fingerprint density at radius 1 is 1.27 bits per heavy atom. The van der Waals surface area contributed by atoms with Crippen LogP contribution in [0.2, 0.25) is 0 Å². The summed E-state index contributed by atoms with van der Waals surface area (Å²) < 4.78 is 83.2. The average molecular weight is 593 g/mol. The number of nitrogens with zero attached hydrogens (tertiary/aromatic N) is 3. The highest BCUT2D eigenvalue weighted by molar-refractivity contribution is 7.91. The van der Waals surface area contributed by atoms with E-state index < -0.39 is 45.0 Å². The quantitative estimate of drug-likeness (QED) is 0.376. The van der Waals surface area contributed by atoms with Gasteiger partial charge in [-0.2, -0.15) is 13.9 Å². The molecule has 0 aromatic carbocycles. The van der Waals surface area contributed by atoms with Gasteiger partial charge in [-0.25, -0.2) is 17.2 Å². The molecule has 1 amide bonds. The molecule has 14 heteroatoms. The minimum absolute atomic E-state index is 0.00354. The van der Waals surface area contributed by atoms with Crippen LogP contribution in [0.1, 0.15) is 68.2 Å². The van der Waals surface area contributed by atoms with E-state index in [1.165, 1.54) is 37.0 Å². The monoisotopic (exact) mass is 592 g/mol. The van der Waals surface area contributed by atoms with Crippen LogP contribution in [-0.2, 0) is 22.8 Å². The molecule has 1 saturated carbocycles. The zero-order valence-electron chi connectivity index (χ0n) is 23.2. The number of amides is 1. The van der Waals surface area contributed by atoms with Crippen LogP contribution >= 0.6 is 0 Å². The lowest BCUT2D eigenvalue weighted by atomic mass is 9.84. The number of nitrogens with one attached hydrogen (secondary N) is 1. The van der Waals surface area contributed by atoms with Crippen molar-refractivity contribution in [3.05, 3.63) is 29.2 Å². The van der Waals surface area contributed by atoms with Crippen LogP contribution in [0.3, 0.4) is 0 Å². The number of aliphatic hydroxyl groups is 1. The average Bonchev–Trinajstić information content (AvgIpc) is 3.18. The molecule has 0 bridgehead atoms. The van der Waals surface area contributed by atoms with Crippen molar-refractivity contribution in [2.75, 3.05) is 12.8 Å². The predicted molar refractivity (Wildman–Crippen MR) is 140 cm³/mol. The van der Waals surface area contributed by atoms with Gasteiger partial charge in [0, 0.05) is 54.7 Å². The minimum Gasteiger partial charge on any atom is -0.434 e. The van der Waals surface area contributed by atoms with Crippen molar-refractivity contribution in [3.8, 4) is 17.0 Å². The van der Waals surface area contributed by atoms with Crippen molar-refractivity contribution >= 4 is 15.7 Å². The first kappa shape index (κ1) is 31.8. The van der Waals surface area contributed by atoms with Crippen LogP contribution in [0.25, 0.3) is 11.3 Å². The van der Waals surface area contributed by atoms with Gasteiger partial charge in [-0.05, 0) is 39.5 Å². The molecular formula is C26H36F4N4O5S. The minimum atomic E-state index is -3.22. The Labute approximate surface area is 231 Å². The van der Waals surface area contributed by atoms with E-state index in [0.29, 0.717) is 11.3 Å². The normalized spacial score (nSPS) is 20.2. The maximum atomic E-state index is 13.4. The fourth-order valence-electron chi connectivity index (χ4n) is 4.89. The van der Waals surface area contributed by atoms with Gasteiger partial charge in [-0.1, -0.05) is 13.8 Å². The Morgan fingerprint density at radius 3 is 2.42 bits per heavy atom. The standard InChI is InChI=1S/C26H36F4N4O5S/c1-6-34-21(18-13-31-16(11-19(18)39-24(29)30)12-25(3,4)23(27)28)15(2)20(33-34)22(35)32-14-26(36)9-7-17(8-10-26)40(5,37)38/h11,13,17,23-24,36H,6-10,12,14H2,1-5H3,(H,32,35). The number of rotatable bonds is 11. The van der Waals surface area contributed by atoms with E-state index in [-0.39, 0.29) is 67.9 Å². The molecule has 2 heterocycles. The second kappa shape index (κ2) is 12.0. The SMILES string of the molecule is CCn1nc(C(=O)NCC2(O)CCC(S(C)(=O)=O)CC2)c(C)c1-c1cnc(CC(C)(C)C(F)F)cc1OC(F)F. The second-order valence-corrected chi connectivity index (χ2v) is 13.4. The van der Waals surface area contributed by atoms with E-state index in [0.717, 1.165) is 0 Å². The van der Waals surface area contributed by atoms with Crippen molar-refractivity contribution < 1.29 is 40.6 Å². The fourth-order valence-corrected chi connectivity index (χ4v) is 5.98. The lowest BCUT2D eigenvalue weighted by molar-refractivity contribution is -0.0496. The molecule has 0 atom stereocenters. The Bertz CT molecular complexity index is 1320. The maximum absolute atomic E-state index is 13.4. The van der Waals surface area contributed by atoms with Gasteiger partial charge in [0.25, 0.3) is 5.91 Å². The van der Waals surface area contributed by atoms with Crippen molar-refractivity contribution in [1.82, 2.24) is 20.1 Å². The number of ether oxygens (including phenoxy) is 1. The number of alkyl halides is 4. The number of pyridine rings is 1. The summed E-state index contributed by atoms with van der Waals surface area (Å²) in [5, 5.41) is 17.4. The van der Waals surface area contributed by atoms with E-state index in [1.807, 2.05) is 0 Å². The first-order valence-electron chi connectivity index (χ1n) is 13.0. The highest BCUT2D eigenvalue weighted by atomic mass is 32.2. The van der Waals surface area contributed by atoms with Gasteiger partial charge in [0.2, 0.25) is 6.43 Å². The zero-order valence-corrected chi connectivity index (χ0v) is 24.0. The predicted octanol–water partition coefficient (Wildman–Crippen LogP) is 4.16. The first-order chi connectivity index (χ1) is 18.5. The molecule has 0 radical (unpaired) electrons. The van der Waals surface area contributed by atoms with Crippen molar-refractivity contribution in [2.24, 2.45) is 5.41 Å². The van der Waals surface area contributed by atoms with Crippen molar-refractivity contribution in [1.29, 1.82) is 0 Å². The Balaban J connectivity index is 1.87. The van der Waals surface area contributed by atoms with Gasteiger partial charge < -0.3 is 15.2 Å². The van der Waals surface area contributed by atoms with Gasteiger partial charge in [-0.15, -0.1) is 0 Å². The number of hydrogen-bond donors (Lipinski definition) is 2. The van der Waals surface area contributed by atoms with Gasteiger partial charge in [-0.3, -0.25) is 14.5 Å². The topological polar surface area (TPSA) is 123 Å². The highest BCUT2D eigenvalue weighted by Gasteiger charge is 2.37. The fraction of sp³-hybridized carbons (Fsp3) is 0.654. The van der Waals surface area contributed by atoms with Gasteiger partial charge in [0.05, 0.1) is 22.1 Å². The van der Waals surface area contributed by atoms with Crippen molar-refractivity contribution in [3.63, 3.8) is 0 Å². The van der Waals surface area contributed by atoms with Crippen LogP contribution in [0, 0.1) is 12.3 Å². The van der Waals surface area contributed by atoms with E-state index in [9.17, 15) is 35.9 Å². The summed E-state index contributed by atoms with van der Waals surface area (Å²) >= 11 is 0. The Morgan fingerprint density at radius 2 is 1.90 bits per heavy atom. The summed E-state index contributed by atoms with van der Waals surface area (Å²) in [5.41, 5.74) is -1.83. The Kier molecular flexibility index (Phi) is 9.55. The largest absolute Gasteiger partial charge is 0.434 e. The lowest BCUT2D eigenvalue weighted by Gasteiger charge is -2.35. The summed E-state index contributed by atoms with van der Waals surface area (Å²) in [5.74, 6) is -0.893. The number of aryl methyl sites for hydroxylation is 1. The first-order valence-corrected chi connectivity index (χ1v) is 14.9. The third-order valence-corrected chi connectivity index (χ3v) is 9.05. The Hall–Kier alpha value is -2.74. The smallest absolute Gasteiger partial charge is 0.387 e. The van der Waals surface area contributed by atoms with Gasteiger partial charge in [0.1, 0.15) is 15.6 Å². The molecule has 0 spiro atoms. The molecule has 1 aliphatic carbocycles.